The van der Waals surface area contributed by atoms with E-state index in [1.807, 2.05) is 0 Å². The number of Topliss-reactive ketones (excluding diaryl/α,β-unsaturated/α-hetero) is 2. The first-order chi connectivity index (χ1) is 28.5. The number of hydrogen-bond donors (Lipinski definition) is 5. The van der Waals surface area contributed by atoms with Crippen molar-refractivity contribution < 1.29 is 62.7 Å². The average molecular weight is 842 g/mol. The number of carbonyl (C=O) groups is 7. The molecule has 1 aliphatic carbocycles. The summed E-state index contributed by atoms with van der Waals surface area (Å²) in [5.74, 6) is -3.29. The second-order valence-electron chi connectivity index (χ2n) is 15.6. The maximum Gasteiger partial charge on any atom is 0.306 e. The van der Waals surface area contributed by atoms with Crippen molar-refractivity contribution >= 4 is 41.2 Å². The number of unbranched alkanes of at least 4 members (excludes halogenated alkanes) is 11. The van der Waals surface area contributed by atoms with Gasteiger partial charge >= 0.3 is 11.9 Å². The molecule has 0 bridgehead atoms. The molecule has 0 aliphatic heterocycles. The normalized spacial score (nSPS) is 15.6. The summed E-state index contributed by atoms with van der Waals surface area (Å²) in [5.41, 5.74) is 0. The van der Waals surface area contributed by atoms with Gasteiger partial charge in [-0.25, -0.2) is 0 Å². The summed E-state index contributed by atoms with van der Waals surface area (Å²) in [5, 5.41) is 26.8. The average Bonchev–Trinajstić information content (AvgIpc) is 3.20. The molecule has 0 heterocycles. The Bertz CT molecular complexity index is 1190. The smallest absolute Gasteiger partial charge is 0.306 e. The van der Waals surface area contributed by atoms with E-state index in [0.717, 1.165) is 51.4 Å². The number of carboxylic acids is 2. The van der Waals surface area contributed by atoms with Crippen LogP contribution in [0, 0.1) is 17.8 Å². The number of amides is 3. The molecule has 1 aliphatic rings. The molecule has 1 atom stereocenters. The van der Waals surface area contributed by atoms with E-state index in [-0.39, 0.29) is 100 Å². The summed E-state index contributed by atoms with van der Waals surface area (Å²) in [4.78, 5) is 82.7. The van der Waals surface area contributed by atoms with Crippen LogP contribution in [-0.4, -0.2) is 124 Å². The van der Waals surface area contributed by atoms with Gasteiger partial charge in [-0.05, 0) is 57.8 Å². The van der Waals surface area contributed by atoms with Gasteiger partial charge in [-0.2, -0.15) is 0 Å². The molecule has 0 unspecified atom stereocenters. The molecule has 1 rings (SSSR count). The van der Waals surface area contributed by atoms with Crippen LogP contribution in [0.2, 0.25) is 0 Å². The first-order valence-corrected chi connectivity index (χ1v) is 22.1. The number of aliphatic carboxylic acids is 2. The van der Waals surface area contributed by atoms with E-state index >= 15 is 0 Å². The Balaban J connectivity index is 2.03. The third-order valence-electron chi connectivity index (χ3n) is 10.4. The van der Waals surface area contributed by atoms with Crippen LogP contribution < -0.4 is 16.0 Å². The lowest BCUT2D eigenvalue weighted by atomic mass is 9.78. The van der Waals surface area contributed by atoms with Gasteiger partial charge in [-0.1, -0.05) is 64.2 Å². The fourth-order valence-electron chi connectivity index (χ4n) is 6.88. The second-order valence-corrected chi connectivity index (χ2v) is 15.6. The highest BCUT2D eigenvalue weighted by molar-refractivity contribution is 5.86. The molecule has 0 spiro atoms. The summed E-state index contributed by atoms with van der Waals surface area (Å²) < 4.78 is 21.0. The second kappa shape index (κ2) is 36.4. The molecule has 1 saturated carbocycles. The maximum atomic E-state index is 13.0. The van der Waals surface area contributed by atoms with Gasteiger partial charge in [-0.3, -0.25) is 33.6 Å². The maximum absolute atomic E-state index is 13.0. The van der Waals surface area contributed by atoms with Gasteiger partial charge in [0.15, 0.2) is 5.78 Å². The van der Waals surface area contributed by atoms with Gasteiger partial charge in [0.05, 0.1) is 45.6 Å². The van der Waals surface area contributed by atoms with E-state index in [0.29, 0.717) is 58.1 Å². The summed E-state index contributed by atoms with van der Waals surface area (Å²) in [7, 11) is 0. The van der Waals surface area contributed by atoms with E-state index in [9.17, 15) is 38.7 Å². The van der Waals surface area contributed by atoms with Gasteiger partial charge in [0.25, 0.3) is 0 Å². The van der Waals surface area contributed by atoms with Crippen LogP contribution in [0.15, 0.2) is 0 Å². The first-order valence-electron chi connectivity index (χ1n) is 22.1. The van der Waals surface area contributed by atoms with Crippen LogP contribution in [0.4, 0.5) is 0 Å². The van der Waals surface area contributed by atoms with Crippen LogP contribution in [-0.2, 0) is 52.5 Å². The zero-order chi connectivity index (χ0) is 43.4. The third-order valence-corrected chi connectivity index (χ3v) is 10.4. The minimum absolute atomic E-state index is 0.0193. The SMILES string of the molecule is CC(=O)COCCOCCNC(=O)COCCOCCNC(=O)CC[C@H](CC(=O)C1CCC(CNC(=O)CCCCCCCCCCCCCCC(=O)O)CC1)C(=O)O. The lowest BCUT2D eigenvalue weighted by molar-refractivity contribution is -0.145. The highest BCUT2D eigenvalue weighted by Gasteiger charge is 2.30. The van der Waals surface area contributed by atoms with Gasteiger partial charge in [0, 0.05) is 51.2 Å². The molecular formula is C43H75N3O13. The molecule has 0 aromatic rings. The molecule has 16 heteroatoms. The molecule has 1 fully saturated rings. The topological polar surface area (TPSA) is 233 Å². The van der Waals surface area contributed by atoms with E-state index in [1.165, 1.54) is 45.4 Å². The number of nitrogens with one attached hydrogen (secondary N) is 3. The van der Waals surface area contributed by atoms with Crippen LogP contribution in [0.25, 0.3) is 0 Å². The van der Waals surface area contributed by atoms with Crippen molar-refractivity contribution in [2.75, 3.05) is 72.5 Å². The highest BCUT2D eigenvalue weighted by Crippen LogP contribution is 2.31. The van der Waals surface area contributed by atoms with Crippen molar-refractivity contribution in [3.05, 3.63) is 0 Å². The molecule has 0 aromatic heterocycles. The Hall–Kier alpha value is -3.47. The Kier molecular flexibility index (Phi) is 33.0. The Morgan fingerprint density at radius 2 is 1.02 bits per heavy atom. The van der Waals surface area contributed by atoms with Gasteiger partial charge in [0.2, 0.25) is 17.7 Å². The number of carbonyl (C=O) groups excluding carboxylic acids is 5. The Morgan fingerprint density at radius 3 is 1.54 bits per heavy atom. The quantitative estimate of drug-likeness (QED) is 0.0524. The number of hydrogen-bond acceptors (Lipinski definition) is 11. The highest BCUT2D eigenvalue weighted by atomic mass is 16.5. The molecule has 0 aromatic carbocycles. The van der Waals surface area contributed by atoms with Crippen molar-refractivity contribution in [2.24, 2.45) is 17.8 Å². The van der Waals surface area contributed by atoms with Crippen molar-refractivity contribution in [3.8, 4) is 0 Å². The van der Waals surface area contributed by atoms with Crippen LogP contribution in [0.1, 0.15) is 142 Å². The Labute approximate surface area is 351 Å². The molecule has 16 nitrogen and oxygen atoms in total. The number of carboxylic acid groups (broad SMARTS) is 2. The lowest BCUT2D eigenvalue weighted by Gasteiger charge is -2.28. The van der Waals surface area contributed by atoms with Crippen molar-refractivity contribution in [3.63, 3.8) is 0 Å². The molecule has 340 valence electrons. The standard InChI is InChI=1S/C43H75N3O13/c1-34(47)32-58-28-26-57-25-23-45-41(51)33-59-29-27-56-24-22-44-40(50)21-20-37(43(54)55)30-38(48)36-18-16-35(17-19-36)31-46-39(49)14-12-10-8-6-4-2-3-5-7-9-11-13-15-42(52)53/h35-37H,2-33H2,1H3,(H,44,50)(H,45,51)(H,46,49)(H,52,53)(H,54,55)/t35?,36?,37-/m1/s1. The van der Waals surface area contributed by atoms with Crippen LogP contribution in [0.5, 0.6) is 0 Å². The molecule has 0 saturated heterocycles. The lowest BCUT2D eigenvalue weighted by Crippen LogP contribution is -2.33. The summed E-state index contributed by atoms with van der Waals surface area (Å²) in [6.07, 6.45) is 16.9. The van der Waals surface area contributed by atoms with Crippen molar-refractivity contribution in [2.45, 2.75) is 142 Å². The number of ether oxygens (including phenoxy) is 4. The minimum atomic E-state index is -1.09. The summed E-state index contributed by atoms with van der Waals surface area (Å²) in [6.45, 7) is 4.04. The van der Waals surface area contributed by atoms with E-state index in [4.69, 9.17) is 24.1 Å². The first kappa shape index (κ1) is 53.5. The van der Waals surface area contributed by atoms with E-state index < -0.39 is 17.9 Å². The molecule has 5 N–H and O–H groups in total. The van der Waals surface area contributed by atoms with Crippen molar-refractivity contribution in [1.82, 2.24) is 16.0 Å². The number of rotatable bonds is 40. The molecule has 59 heavy (non-hydrogen) atoms. The Morgan fingerprint density at radius 1 is 0.542 bits per heavy atom. The zero-order valence-electron chi connectivity index (χ0n) is 35.7. The molecular weight excluding hydrogens is 766 g/mol. The zero-order valence-corrected chi connectivity index (χ0v) is 35.7. The van der Waals surface area contributed by atoms with E-state index in [2.05, 4.69) is 16.0 Å². The largest absolute Gasteiger partial charge is 0.481 e. The van der Waals surface area contributed by atoms with Gasteiger partial charge < -0.3 is 45.1 Å². The predicted octanol–water partition coefficient (Wildman–Crippen LogP) is 4.78. The minimum Gasteiger partial charge on any atom is -0.481 e. The molecule has 0 radical (unpaired) electrons. The monoisotopic (exact) mass is 842 g/mol. The van der Waals surface area contributed by atoms with Gasteiger partial charge in [-0.15, -0.1) is 0 Å². The third kappa shape index (κ3) is 33.0. The summed E-state index contributed by atoms with van der Waals surface area (Å²) in [6, 6.07) is 0. The van der Waals surface area contributed by atoms with E-state index in [1.54, 1.807) is 0 Å². The van der Waals surface area contributed by atoms with Gasteiger partial charge in [0.1, 0.15) is 19.0 Å². The van der Waals surface area contributed by atoms with Crippen LogP contribution in [0.3, 0.4) is 0 Å². The number of ketones is 2. The van der Waals surface area contributed by atoms with Crippen molar-refractivity contribution in [1.29, 1.82) is 0 Å². The fourth-order valence-corrected chi connectivity index (χ4v) is 6.88. The van der Waals surface area contributed by atoms with Crippen LogP contribution >= 0.6 is 0 Å². The summed E-state index contributed by atoms with van der Waals surface area (Å²) >= 11 is 0. The predicted molar refractivity (Wildman–Crippen MR) is 221 cm³/mol. The fraction of sp³-hybridized carbons (Fsp3) is 0.837. The molecule has 3 amide bonds.